The van der Waals surface area contributed by atoms with E-state index in [0.29, 0.717) is 11.8 Å². The van der Waals surface area contributed by atoms with Crippen molar-refractivity contribution in [2.24, 2.45) is 5.92 Å². The van der Waals surface area contributed by atoms with Crippen molar-refractivity contribution in [2.75, 3.05) is 5.88 Å². The molecule has 0 heterocycles. The highest BCUT2D eigenvalue weighted by atomic mass is 79.9. The topological polar surface area (TPSA) is 0 Å². The van der Waals surface area contributed by atoms with Crippen molar-refractivity contribution < 1.29 is 0 Å². The molecule has 1 aromatic carbocycles. The van der Waals surface area contributed by atoms with E-state index in [1.807, 2.05) is 18.2 Å². The molecule has 0 N–H and O–H groups in total. The molecule has 0 radical (unpaired) electrons. The van der Waals surface area contributed by atoms with Gasteiger partial charge in [0.2, 0.25) is 0 Å². The molecule has 0 amide bonds. The summed E-state index contributed by atoms with van der Waals surface area (Å²) in [5.74, 6) is 1.29. The van der Waals surface area contributed by atoms with Gasteiger partial charge in [-0.05, 0) is 36.5 Å². The predicted octanol–water partition coefficient (Wildman–Crippen LogP) is 6.31. The molecule has 0 unspecified atom stereocenters. The van der Waals surface area contributed by atoms with Crippen molar-refractivity contribution in [2.45, 2.75) is 32.1 Å². The van der Waals surface area contributed by atoms with Crippen LogP contribution >= 0.6 is 39.1 Å². The van der Waals surface area contributed by atoms with Gasteiger partial charge in [0, 0.05) is 15.4 Å². The molecule has 1 saturated carbocycles. The Morgan fingerprint density at radius 2 is 2.00 bits per heavy atom. The number of rotatable bonds is 3. The minimum absolute atomic E-state index is 0.625. The largest absolute Gasteiger partial charge is 0.122 e. The number of benzene rings is 1. The van der Waals surface area contributed by atoms with Gasteiger partial charge in [-0.15, -0.1) is 11.6 Å². The van der Waals surface area contributed by atoms with E-state index in [4.69, 9.17) is 23.2 Å². The summed E-state index contributed by atoms with van der Waals surface area (Å²) in [6, 6.07) is 5.90. The van der Waals surface area contributed by atoms with E-state index >= 15 is 0 Å². The molecule has 0 bridgehead atoms. The molecule has 1 aromatic rings. The van der Waals surface area contributed by atoms with Crippen LogP contribution in [0.1, 0.15) is 37.7 Å². The summed E-state index contributed by atoms with van der Waals surface area (Å²) in [6.45, 7) is 0. The Balaban J connectivity index is 2.22. The van der Waals surface area contributed by atoms with Crippen LogP contribution in [0.2, 0.25) is 5.02 Å². The third kappa shape index (κ3) is 3.76. The Bertz CT molecular complexity index is 434. The smallest absolute Gasteiger partial charge is 0.0439 e. The fourth-order valence-electron chi connectivity index (χ4n) is 2.56. The molecule has 1 aliphatic rings. The molecule has 0 spiro atoms. The first kappa shape index (κ1) is 14.4. The minimum Gasteiger partial charge on any atom is -0.122 e. The van der Waals surface area contributed by atoms with Crippen molar-refractivity contribution in [3.05, 3.63) is 38.8 Å². The number of alkyl halides is 1. The number of hydrogen-bond donors (Lipinski definition) is 0. The van der Waals surface area contributed by atoms with Gasteiger partial charge >= 0.3 is 0 Å². The normalized spacial score (nSPS) is 18.1. The van der Waals surface area contributed by atoms with E-state index in [1.54, 1.807) is 0 Å². The van der Waals surface area contributed by atoms with Crippen LogP contribution in [-0.4, -0.2) is 5.88 Å². The molecule has 0 aromatic heterocycles. The van der Waals surface area contributed by atoms with E-state index in [2.05, 4.69) is 22.0 Å². The molecule has 2 rings (SSSR count). The third-order valence-electron chi connectivity index (χ3n) is 3.59. The number of halogens is 3. The molecule has 3 heteroatoms. The monoisotopic (exact) mass is 346 g/mol. The standard InChI is InChI=1S/C15H17BrCl2/c16-15-9-14(18)7-6-12(15)8-13(10-17)11-4-2-1-3-5-11/h6-9,11H,1-5,10H2/b13-8-. The van der Waals surface area contributed by atoms with Gasteiger partial charge in [0.1, 0.15) is 0 Å². The quantitative estimate of drug-likeness (QED) is 0.562. The molecule has 0 saturated heterocycles. The molecular formula is C15H17BrCl2. The molecule has 1 aliphatic carbocycles. The highest BCUT2D eigenvalue weighted by molar-refractivity contribution is 9.10. The Morgan fingerprint density at radius 1 is 1.28 bits per heavy atom. The lowest BCUT2D eigenvalue weighted by molar-refractivity contribution is 0.405. The maximum absolute atomic E-state index is 6.12. The van der Waals surface area contributed by atoms with Crippen molar-refractivity contribution in [1.82, 2.24) is 0 Å². The average molecular weight is 348 g/mol. The van der Waals surface area contributed by atoms with E-state index in [1.165, 1.54) is 43.2 Å². The molecule has 0 aliphatic heterocycles. The zero-order chi connectivity index (χ0) is 13.0. The second kappa shape index (κ2) is 6.98. The molecule has 0 atom stereocenters. The van der Waals surface area contributed by atoms with Gasteiger partial charge < -0.3 is 0 Å². The van der Waals surface area contributed by atoms with E-state index in [-0.39, 0.29) is 0 Å². The van der Waals surface area contributed by atoms with Crippen molar-refractivity contribution in [3.63, 3.8) is 0 Å². The summed E-state index contributed by atoms with van der Waals surface area (Å²) >= 11 is 15.6. The first-order valence-electron chi connectivity index (χ1n) is 6.42. The van der Waals surface area contributed by atoms with Gasteiger partial charge in [0.15, 0.2) is 0 Å². The number of hydrogen-bond acceptors (Lipinski definition) is 0. The van der Waals surface area contributed by atoms with Crippen LogP contribution in [0.4, 0.5) is 0 Å². The van der Waals surface area contributed by atoms with Crippen LogP contribution in [0.25, 0.3) is 6.08 Å². The van der Waals surface area contributed by atoms with Crippen molar-refractivity contribution >= 4 is 45.2 Å². The third-order valence-corrected chi connectivity index (χ3v) is 4.82. The van der Waals surface area contributed by atoms with E-state index in [9.17, 15) is 0 Å². The Labute approximate surface area is 127 Å². The second-order valence-corrected chi connectivity index (χ2v) is 6.41. The molecule has 0 nitrogen and oxygen atoms in total. The average Bonchev–Trinajstić information content (AvgIpc) is 2.39. The fourth-order valence-corrected chi connectivity index (χ4v) is 3.65. The first-order valence-corrected chi connectivity index (χ1v) is 8.12. The molecular weight excluding hydrogens is 331 g/mol. The van der Waals surface area contributed by atoms with Gasteiger partial charge in [0.25, 0.3) is 0 Å². The number of allylic oxidation sites excluding steroid dienone is 1. The fraction of sp³-hybridized carbons (Fsp3) is 0.467. The van der Waals surface area contributed by atoms with Gasteiger partial charge in [-0.2, -0.15) is 0 Å². The zero-order valence-electron chi connectivity index (χ0n) is 10.3. The van der Waals surface area contributed by atoms with Crippen molar-refractivity contribution in [3.8, 4) is 0 Å². The summed E-state index contributed by atoms with van der Waals surface area (Å²) in [5, 5.41) is 0.754. The predicted molar refractivity (Wildman–Crippen MR) is 84.4 cm³/mol. The lowest BCUT2D eigenvalue weighted by atomic mass is 9.84. The van der Waals surface area contributed by atoms with E-state index < -0.39 is 0 Å². The molecule has 18 heavy (non-hydrogen) atoms. The van der Waals surface area contributed by atoms with Gasteiger partial charge in [-0.1, -0.05) is 64.5 Å². The lowest BCUT2D eigenvalue weighted by Gasteiger charge is -2.23. The maximum atomic E-state index is 6.12. The SMILES string of the molecule is ClC/C(=C/c1ccc(Cl)cc1Br)C1CCCCC1. The minimum atomic E-state index is 0.625. The molecule has 1 fully saturated rings. The summed E-state index contributed by atoms with van der Waals surface area (Å²) in [4.78, 5) is 0. The first-order chi connectivity index (χ1) is 8.70. The second-order valence-electron chi connectivity index (χ2n) is 4.85. The van der Waals surface area contributed by atoms with Gasteiger partial charge in [0.05, 0.1) is 0 Å². The van der Waals surface area contributed by atoms with Gasteiger partial charge in [-0.3, -0.25) is 0 Å². The zero-order valence-corrected chi connectivity index (χ0v) is 13.4. The summed E-state index contributed by atoms with van der Waals surface area (Å²) in [5.41, 5.74) is 2.53. The van der Waals surface area contributed by atoms with Gasteiger partial charge in [-0.25, -0.2) is 0 Å². The van der Waals surface area contributed by atoms with Crippen LogP contribution in [0.5, 0.6) is 0 Å². The highest BCUT2D eigenvalue weighted by Crippen LogP contribution is 2.33. The van der Waals surface area contributed by atoms with Crippen LogP contribution in [0.15, 0.2) is 28.2 Å². The summed E-state index contributed by atoms with van der Waals surface area (Å²) in [6.07, 6.45) is 8.83. The maximum Gasteiger partial charge on any atom is 0.0439 e. The summed E-state index contributed by atoms with van der Waals surface area (Å²) < 4.78 is 1.04. The molecule has 98 valence electrons. The highest BCUT2D eigenvalue weighted by Gasteiger charge is 2.17. The van der Waals surface area contributed by atoms with Crippen LogP contribution in [0.3, 0.4) is 0 Å². The van der Waals surface area contributed by atoms with Crippen molar-refractivity contribution in [1.29, 1.82) is 0 Å². The Morgan fingerprint density at radius 3 is 2.61 bits per heavy atom. The Kier molecular flexibility index (Phi) is 5.59. The summed E-state index contributed by atoms with van der Waals surface area (Å²) in [7, 11) is 0. The van der Waals surface area contributed by atoms with Crippen LogP contribution in [-0.2, 0) is 0 Å². The Hall–Kier alpha value is 0.0200. The van der Waals surface area contributed by atoms with E-state index in [0.717, 1.165) is 9.50 Å². The van der Waals surface area contributed by atoms with Crippen LogP contribution in [0, 0.1) is 5.92 Å². The van der Waals surface area contributed by atoms with Crippen LogP contribution < -0.4 is 0 Å². The lowest BCUT2D eigenvalue weighted by Crippen LogP contribution is -2.10.